The van der Waals surface area contributed by atoms with Crippen molar-refractivity contribution < 1.29 is 14.6 Å². The summed E-state index contributed by atoms with van der Waals surface area (Å²) in [5.41, 5.74) is 0. The number of aliphatic hydroxyl groups excluding tert-OH is 1. The van der Waals surface area contributed by atoms with Gasteiger partial charge in [-0.2, -0.15) is 0 Å². The molecule has 0 saturated heterocycles. The van der Waals surface area contributed by atoms with Gasteiger partial charge in [0.2, 0.25) is 0 Å². The lowest BCUT2D eigenvalue weighted by atomic mass is 10.1. The van der Waals surface area contributed by atoms with Gasteiger partial charge in [-0.3, -0.25) is 4.79 Å². The van der Waals surface area contributed by atoms with E-state index < -0.39 is 6.29 Å². The Morgan fingerprint density at radius 2 is 1.92 bits per heavy atom. The average Bonchev–Trinajstić information content (AvgIpc) is 2.02. The standard InChI is InChI=1S/C10H20O3/c1-3-4-5-6-7-8-10(12)13-9(2)11/h9,11H,3-8H2,1-2H3. The summed E-state index contributed by atoms with van der Waals surface area (Å²) in [7, 11) is 0. The van der Waals surface area contributed by atoms with Crippen molar-refractivity contribution in [3.05, 3.63) is 0 Å². The first-order chi connectivity index (χ1) is 6.16. The van der Waals surface area contributed by atoms with Gasteiger partial charge < -0.3 is 9.84 Å². The number of hydrogen-bond acceptors (Lipinski definition) is 3. The molecule has 0 rings (SSSR count). The van der Waals surface area contributed by atoms with Crippen LogP contribution in [-0.2, 0) is 9.53 Å². The zero-order chi connectivity index (χ0) is 10.1. The fraction of sp³-hybridized carbons (Fsp3) is 0.900. The van der Waals surface area contributed by atoms with Crippen molar-refractivity contribution in [1.29, 1.82) is 0 Å². The smallest absolute Gasteiger partial charge is 0.308 e. The SMILES string of the molecule is CCCCCCCC(=O)OC(C)O. The van der Waals surface area contributed by atoms with Crippen molar-refractivity contribution in [2.45, 2.75) is 58.7 Å². The van der Waals surface area contributed by atoms with Crippen LogP contribution in [0.5, 0.6) is 0 Å². The number of carbonyl (C=O) groups is 1. The highest BCUT2D eigenvalue weighted by atomic mass is 16.6. The quantitative estimate of drug-likeness (QED) is 0.378. The number of carbonyl (C=O) groups excluding carboxylic acids is 1. The number of ether oxygens (including phenoxy) is 1. The predicted octanol–water partition coefficient (Wildman–Crippen LogP) is 2.23. The van der Waals surface area contributed by atoms with Crippen LogP contribution in [0, 0.1) is 0 Å². The van der Waals surface area contributed by atoms with E-state index in [2.05, 4.69) is 11.7 Å². The van der Waals surface area contributed by atoms with E-state index >= 15 is 0 Å². The molecule has 0 aromatic heterocycles. The number of unbranched alkanes of at least 4 members (excludes halogenated alkanes) is 4. The number of rotatable bonds is 7. The maximum Gasteiger partial charge on any atom is 0.308 e. The summed E-state index contributed by atoms with van der Waals surface area (Å²) in [5.74, 6) is -0.300. The number of esters is 1. The largest absolute Gasteiger partial charge is 0.436 e. The third-order valence-electron chi connectivity index (χ3n) is 1.79. The van der Waals surface area contributed by atoms with E-state index in [1.807, 2.05) is 0 Å². The van der Waals surface area contributed by atoms with Gasteiger partial charge in [-0.25, -0.2) is 0 Å². The third kappa shape index (κ3) is 9.34. The first-order valence-electron chi connectivity index (χ1n) is 5.04. The first kappa shape index (κ1) is 12.4. The van der Waals surface area contributed by atoms with E-state index in [1.54, 1.807) is 0 Å². The summed E-state index contributed by atoms with van der Waals surface area (Å²) >= 11 is 0. The highest BCUT2D eigenvalue weighted by molar-refractivity contribution is 5.69. The lowest BCUT2D eigenvalue weighted by molar-refractivity contribution is -0.164. The van der Waals surface area contributed by atoms with E-state index in [-0.39, 0.29) is 5.97 Å². The van der Waals surface area contributed by atoms with Crippen LogP contribution in [0.25, 0.3) is 0 Å². The Hall–Kier alpha value is -0.570. The number of hydrogen-bond donors (Lipinski definition) is 1. The molecule has 1 atom stereocenters. The molecule has 0 aromatic rings. The van der Waals surface area contributed by atoms with E-state index in [9.17, 15) is 4.79 Å². The van der Waals surface area contributed by atoms with E-state index in [0.29, 0.717) is 6.42 Å². The Bertz CT molecular complexity index is 132. The highest BCUT2D eigenvalue weighted by Crippen LogP contribution is 2.05. The average molecular weight is 188 g/mol. The zero-order valence-electron chi connectivity index (χ0n) is 8.58. The molecule has 1 unspecified atom stereocenters. The summed E-state index contributed by atoms with van der Waals surface area (Å²) in [6, 6.07) is 0. The topological polar surface area (TPSA) is 46.5 Å². The van der Waals surface area contributed by atoms with Gasteiger partial charge in [-0.15, -0.1) is 0 Å². The van der Waals surface area contributed by atoms with Gasteiger partial charge in [0.1, 0.15) is 0 Å². The van der Waals surface area contributed by atoms with Crippen LogP contribution >= 0.6 is 0 Å². The van der Waals surface area contributed by atoms with Crippen LogP contribution in [0.2, 0.25) is 0 Å². The zero-order valence-corrected chi connectivity index (χ0v) is 8.58. The summed E-state index contributed by atoms with van der Waals surface area (Å²) in [6.45, 7) is 3.59. The molecule has 0 aliphatic rings. The normalized spacial score (nSPS) is 12.5. The third-order valence-corrected chi connectivity index (χ3v) is 1.79. The van der Waals surface area contributed by atoms with Crippen molar-refractivity contribution >= 4 is 5.97 Å². The van der Waals surface area contributed by atoms with Crippen molar-refractivity contribution in [3.8, 4) is 0 Å². The Labute approximate surface area is 80.1 Å². The second kappa shape index (κ2) is 8.05. The van der Waals surface area contributed by atoms with Crippen LogP contribution in [0.15, 0.2) is 0 Å². The van der Waals surface area contributed by atoms with Gasteiger partial charge in [-0.05, 0) is 13.3 Å². The van der Waals surface area contributed by atoms with Crippen molar-refractivity contribution in [1.82, 2.24) is 0 Å². The maximum absolute atomic E-state index is 10.9. The Morgan fingerprint density at radius 3 is 2.46 bits per heavy atom. The van der Waals surface area contributed by atoms with Crippen LogP contribution in [0.3, 0.4) is 0 Å². The second-order valence-electron chi connectivity index (χ2n) is 3.25. The molecule has 0 bridgehead atoms. The minimum absolute atomic E-state index is 0.300. The second-order valence-corrected chi connectivity index (χ2v) is 3.25. The molecule has 0 heterocycles. The predicted molar refractivity (Wildman–Crippen MR) is 51.1 cm³/mol. The molecule has 0 aliphatic carbocycles. The molecule has 0 saturated carbocycles. The summed E-state index contributed by atoms with van der Waals surface area (Å²) in [6.07, 6.45) is 5.01. The van der Waals surface area contributed by atoms with Gasteiger partial charge in [0, 0.05) is 6.42 Å². The fourth-order valence-electron chi connectivity index (χ4n) is 1.12. The molecule has 3 nitrogen and oxygen atoms in total. The lowest BCUT2D eigenvalue weighted by Crippen LogP contribution is -2.13. The minimum atomic E-state index is -0.969. The van der Waals surface area contributed by atoms with Crippen molar-refractivity contribution in [2.75, 3.05) is 0 Å². The van der Waals surface area contributed by atoms with Gasteiger partial charge in [0.05, 0.1) is 0 Å². The van der Waals surface area contributed by atoms with Gasteiger partial charge in [0.15, 0.2) is 6.29 Å². The molecule has 0 fully saturated rings. The molecule has 0 amide bonds. The highest BCUT2D eigenvalue weighted by Gasteiger charge is 2.04. The van der Waals surface area contributed by atoms with Crippen LogP contribution in [-0.4, -0.2) is 17.4 Å². The monoisotopic (exact) mass is 188 g/mol. The molecule has 1 N–H and O–H groups in total. The molecule has 0 aliphatic heterocycles. The molecule has 0 aromatic carbocycles. The maximum atomic E-state index is 10.9. The van der Waals surface area contributed by atoms with Gasteiger partial charge in [0.25, 0.3) is 0 Å². The molecular weight excluding hydrogens is 168 g/mol. The minimum Gasteiger partial charge on any atom is -0.436 e. The Balaban J connectivity index is 3.17. The van der Waals surface area contributed by atoms with Gasteiger partial charge in [-0.1, -0.05) is 32.6 Å². The molecule has 13 heavy (non-hydrogen) atoms. The molecule has 78 valence electrons. The van der Waals surface area contributed by atoms with E-state index in [0.717, 1.165) is 12.8 Å². The van der Waals surface area contributed by atoms with Crippen LogP contribution in [0.1, 0.15) is 52.4 Å². The lowest BCUT2D eigenvalue weighted by Gasteiger charge is -2.06. The first-order valence-corrected chi connectivity index (χ1v) is 5.04. The van der Waals surface area contributed by atoms with E-state index in [4.69, 9.17) is 5.11 Å². The van der Waals surface area contributed by atoms with Crippen molar-refractivity contribution in [3.63, 3.8) is 0 Å². The number of aliphatic hydroxyl groups is 1. The fourth-order valence-corrected chi connectivity index (χ4v) is 1.12. The van der Waals surface area contributed by atoms with Gasteiger partial charge >= 0.3 is 5.97 Å². The molecule has 0 spiro atoms. The summed E-state index contributed by atoms with van der Waals surface area (Å²) in [4.78, 5) is 10.9. The molecule has 3 heteroatoms. The van der Waals surface area contributed by atoms with Crippen molar-refractivity contribution in [2.24, 2.45) is 0 Å². The van der Waals surface area contributed by atoms with E-state index in [1.165, 1.54) is 26.2 Å². The summed E-state index contributed by atoms with van der Waals surface area (Å²) < 4.78 is 4.57. The van der Waals surface area contributed by atoms with Crippen LogP contribution in [0.4, 0.5) is 0 Å². The van der Waals surface area contributed by atoms with Crippen LogP contribution < -0.4 is 0 Å². The summed E-state index contributed by atoms with van der Waals surface area (Å²) in [5, 5.41) is 8.72. The molecular formula is C10H20O3. The Morgan fingerprint density at radius 1 is 1.31 bits per heavy atom. The molecule has 0 radical (unpaired) electrons. The Kier molecular flexibility index (Phi) is 7.69.